The summed E-state index contributed by atoms with van der Waals surface area (Å²) < 4.78 is 44.8. The molecule has 0 aliphatic carbocycles. The highest BCUT2D eigenvalue weighted by Crippen LogP contribution is 1.89. The van der Waals surface area contributed by atoms with E-state index in [-0.39, 0.29) is 0 Å². The standard InChI is InChI=1S/C3H8O5S3/c1-10(4,9)8-2-3-11(5,6)7/h2-3H2,1H3,(H,5,6,7)/p-1. The van der Waals surface area contributed by atoms with Crippen LogP contribution >= 0.6 is 0 Å². The van der Waals surface area contributed by atoms with Gasteiger partial charge in [-0.1, -0.05) is 0 Å². The molecule has 0 heterocycles. The lowest BCUT2D eigenvalue weighted by atomic mass is 10.9. The Morgan fingerprint density at radius 2 is 1.91 bits per heavy atom. The summed E-state index contributed by atoms with van der Waals surface area (Å²) in [4.78, 5) is 0. The Kier molecular flexibility index (Phi) is 3.85. The lowest BCUT2D eigenvalue weighted by Crippen LogP contribution is -2.13. The Morgan fingerprint density at radius 1 is 1.45 bits per heavy atom. The summed E-state index contributed by atoms with van der Waals surface area (Å²) in [6, 6.07) is 0. The van der Waals surface area contributed by atoms with Crippen LogP contribution in [0.1, 0.15) is 0 Å². The fourth-order valence-corrected chi connectivity index (χ4v) is 1.27. The van der Waals surface area contributed by atoms with Crippen LogP contribution in [0.15, 0.2) is 0 Å². The van der Waals surface area contributed by atoms with Crippen molar-refractivity contribution in [3.05, 3.63) is 0 Å². The molecule has 0 saturated heterocycles. The first-order valence-electron chi connectivity index (χ1n) is 2.49. The van der Waals surface area contributed by atoms with E-state index in [1.54, 1.807) is 0 Å². The molecule has 0 fully saturated rings. The van der Waals surface area contributed by atoms with Crippen molar-refractivity contribution in [2.24, 2.45) is 0 Å². The van der Waals surface area contributed by atoms with Gasteiger partial charge in [-0.3, -0.25) is 4.18 Å². The fourth-order valence-electron chi connectivity index (χ4n) is 0.287. The third-order valence-corrected chi connectivity index (χ3v) is 2.18. The van der Waals surface area contributed by atoms with Crippen LogP contribution < -0.4 is 0 Å². The molecule has 0 saturated carbocycles. The van der Waals surface area contributed by atoms with Gasteiger partial charge >= 0.3 is 0 Å². The number of hydrogen-bond acceptors (Lipinski definition) is 6. The van der Waals surface area contributed by atoms with Crippen LogP contribution in [0, 0.1) is 0 Å². The highest BCUT2D eigenvalue weighted by Gasteiger charge is 1.99. The molecule has 0 spiro atoms. The van der Waals surface area contributed by atoms with Crippen molar-refractivity contribution in [1.29, 1.82) is 0 Å². The number of rotatable bonds is 4. The third-order valence-electron chi connectivity index (χ3n) is 0.631. The maximum Gasteiger partial charge on any atom is 0.141 e. The minimum absolute atomic E-state index is 0.412. The van der Waals surface area contributed by atoms with Crippen molar-refractivity contribution in [1.82, 2.24) is 0 Å². The zero-order valence-electron chi connectivity index (χ0n) is 5.68. The first-order valence-corrected chi connectivity index (χ1v) is 6.88. The van der Waals surface area contributed by atoms with Crippen LogP contribution in [-0.2, 0) is 34.3 Å². The van der Waals surface area contributed by atoms with Gasteiger partial charge in [-0.25, -0.2) is 12.6 Å². The Balaban J connectivity index is 3.79. The molecule has 0 aromatic carbocycles. The van der Waals surface area contributed by atoms with Crippen molar-refractivity contribution in [2.75, 3.05) is 18.6 Å². The van der Waals surface area contributed by atoms with Crippen molar-refractivity contribution >= 4 is 30.1 Å². The van der Waals surface area contributed by atoms with Crippen LogP contribution in [0.2, 0.25) is 0 Å². The van der Waals surface area contributed by atoms with Crippen LogP contribution in [-0.4, -0.2) is 35.8 Å². The van der Waals surface area contributed by atoms with Crippen molar-refractivity contribution < 1.29 is 21.4 Å². The third kappa shape index (κ3) is 10.2. The minimum atomic E-state index is -4.29. The summed E-state index contributed by atoms with van der Waals surface area (Å²) in [6.45, 7) is -0.412. The normalized spacial score (nSPS) is 17.6. The van der Waals surface area contributed by atoms with Crippen molar-refractivity contribution in [3.63, 3.8) is 0 Å². The van der Waals surface area contributed by atoms with E-state index in [2.05, 4.69) is 15.4 Å². The molecule has 68 valence electrons. The maximum atomic E-state index is 10.6. The molecular weight excluding hydrogens is 212 g/mol. The average molecular weight is 219 g/mol. The topological polar surface area (TPSA) is 83.5 Å². The van der Waals surface area contributed by atoms with E-state index >= 15 is 0 Å². The Morgan fingerprint density at radius 3 is 2.18 bits per heavy atom. The van der Waals surface area contributed by atoms with Gasteiger partial charge in [-0.05, 0) is 0 Å². The van der Waals surface area contributed by atoms with Crippen LogP contribution in [0.5, 0.6) is 0 Å². The SMILES string of the molecule is CS(=O)(=S)OCCS(=O)(=O)[O-]. The molecule has 0 rings (SSSR count). The smallest absolute Gasteiger partial charge is 0.141 e. The highest BCUT2D eigenvalue weighted by atomic mass is 32.8. The summed E-state index contributed by atoms with van der Waals surface area (Å²) >= 11 is 4.28. The lowest BCUT2D eigenvalue weighted by Gasteiger charge is -2.06. The molecule has 0 aromatic heterocycles. The second kappa shape index (κ2) is 3.76. The molecule has 5 nitrogen and oxygen atoms in total. The van der Waals surface area contributed by atoms with Crippen LogP contribution in [0.25, 0.3) is 0 Å². The van der Waals surface area contributed by atoms with Gasteiger partial charge in [0.2, 0.25) is 0 Å². The van der Waals surface area contributed by atoms with E-state index in [1.807, 2.05) is 0 Å². The first kappa shape index (κ1) is 11.2. The predicted octanol–water partition coefficient (Wildman–Crippen LogP) is -1.16. The minimum Gasteiger partial charge on any atom is -0.748 e. The Labute approximate surface area is 70.4 Å². The van der Waals surface area contributed by atoms with E-state index in [0.717, 1.165) is 6.26 Å². The molecule has 0 bridgehead atoms. The zero-order valence-corrected chi connectivity index (χ0v) is 8.13. The summed E-state index contributed by atoms with van der Waals surface area (Å²) in [6.07, 6.45) is 1.14. The summed E-state index contributed by atoms with van der Waals surface area (Å²) in [7, 11) is -7.11. The Hall–Kier alpha value is 0.240. The number of hydrogen-bond donors (Lipinski definition) is 0. The van der Waals surface area contributed by atoms with Crippen molar-refractivity contribution in [2.45, 2.75) is 0 Å². The van der Waals surface area contributed by atoms with Gasteiger partial charge in [0.1, 0.15) is 8.77 Å². The summed E-state index contributed by atoms with van der Waals surface area (Å²) in [5.74, 6) is -0.700. The molecule has 0 radical (unpaired) electrons. The highest BCUT2D eigenvalue weighted by molar-refractivity contribution is 8.29. The summed E-state index contributed by atoms with van der Waals surface area (Å²) in [5, 5.41) is 0. The molecule has 0 aliphatic rings. The maximum absolute atomic E-state index is 10.6. The molecule has 0 N–H and O–H groups in total. The van der Waals surface area contributed by atoms with Gasteiger partial charge in [0.25, 0.3) is 0 Å². The molecule has 8 heteroatoms. The first-order chi connectivity index (χ1) is 4.71. The largest absolute Gasteiger partial charge is 0.748 e. The molecule has 0 aromatic rings. The average Bonchev–Trinajstić information content (AvgIpc) is 1.55. The molecule has 1 atom stereocenters. The quantitative estimate of drug-likeness (QED) is 0.555. The molecule has 0 amide bonds. The molecule has 1 unspecified atom stereocenters. The van der Waals surface area contributed by atoms with E-state index < -0.39 is 31.3 Å². The van der Waals surface area contributed by atoms with E-state index in [1.165, 1.54) is 0 Å². The van der Waals surface area contributed by atoms with Gasteiger partial charge in [0.05, 0.1) is 22.5 Å². The van der Waals surface area contributed by atoms with Gasteiger partial charge < -0.3 is 4.55 Å². The second-order valence-corrected chi connectivity index (χ2v) is 6.77. The van der Waals surface area contributed by atoms with Crippen LogP contribution in [0.4, 0.5) is 0 Å². The van der Waals surface area contributed by atoms with E-state index in [0.29, 0.717) is 0 Å². The van der Waals surface area contributed by atoms with Gasteiger partial charge in [-0.2, -0.15) is 0 Å². The zero-order chi connectivity index (χ0) is 9.12. The van der Waals surface area contributed by atoms with E-state index in [9.17, 15) is 17.2 Å². The predicted molar refractivity (Wildman–Crippen MR) is 41.9 cm³/mol. The fraction of sp³-hybridized carbons (Fsp3) is 1.00. The second-order valence-electron chi connectivity index (χ2n) is 1.79. The Bertz CT molecular complexity index is 266. The molecule has 11 heavy (non-hydrogen) atoms. The monoisotopic (exact) mass is 219 g/mol. The van der Waals surface area contributed by atoms with Crippen LogP contribution in [0.3, 0.4) is 0 Å². The van der Waals surface area contributed by atoms with Gasteiger partial charge in [0, 0.05) is 17.4 Å². The van der Waals surface area contributed by atoms with Crippen molar-refractivity contribution in [3.8, 4) is 0 Å². The molecule has 0 aliphatic heterocycles. The van der Waals surface area contributed by atoms with E-state index in [4.69, 9.17) is 0 Å². The van der Waals surface area contributed by atoms with Gasteiger partial charge in [-0.15, -0.1) is 0 Å². The lowest BCUT2D eigenvalue weighted by molar-refractivity contribution is 0.364. The molecular formula is C3H7O5S3-. The summed E-state index contributed by atoms with van der Waals surface area (Å²) in [5.41, 5.74) is 0. The van der Waals surface area contributed by atoms with Gasteiger partial charge in [0.15, 0.2) is 0 Å².